The van der Waals surface area contributed by atoms with Gasteiger partial charge in [-0.2, -0.15) is 0 Å². The number of aromatic nitrogens is 1. The first-order valence-corrected chi connectivity index (χ1v) is 10.3. The summed E-state index contributed by atoms with van der Waals surface area (Å²) in [6, 6.07) is 5.79. The summed E-state index contributed by atoms with van der Waals surface area (Å²) in [7, 11) is 0. The van der Waals surface area contributed by atoms with Crippen LogP contribution in [-0.4, -0.2) is 36.0 Å². The van der Waals surface area contributed by atoms with E-state index in [2.05, 4.69) is 15.6 Å². The minimum absolute atomic E-state index is 0.0914. The third-order valence-electron chi connectivity index (χ3n) is 4.72. The van der Waals surface area contributed by atoms with Gasteiger partial charge in [-0.3, -0.25) is 9.59 Å². The highest BCUT2D eigenvalue weighted by Crippen LogP contribution is 2.24. The Bertz CT molecular complexity index is 827. The van der Waals surface area contributed by atoms with Crippen LogP contribution in [-0.2, 0) is 4.79 Å². The highest BCUT2D eigenvalue weighted by molar-refractivity contribution is 7.09. The molecular formula is C20H24FN3O3S. The van der Waals surface area contributed by atoms with Crippen molar-refractivity contribution in [1.82, 2.24) is 15.6 Å². The average Bonchev–Trinajstić information content (AvgIpc) is 3.12. The molecule has 1 aliphatic rings. The molecule has 8 heteroatoms. The highest BCUT2D eigenvalue weighted by atomic mass is 32.1. The van der Waals surface area contributed by atoms with E-state index in [0.29, 0.717) is 23.9 Å². The van der Waals surface area contributed by atoms with Crippen LogP contribution in [0.3, 0.4) is 0 Å². The SMILES string of the molecule is Cc1nc(C(=O)NC2CCCC(CNC(=O)COc3cccc(F)c3)C2)cs1. The van der Waals surface area contributed by atoms with Crippen LogP contribution in [0.15, 0.2) is 29.6 Å². The number of hydrogen-bond donors (Lipinski definition) is 2. The summed E-state index contributed by atoms with van der Waals surface area (Å²) in [6.07, 6.45) is 3.76. The molecule has 2 aromatic rings. The van der Waals surface area contributed by atoms with Crippen molar-refractivity contribution in [2.45, 2.75) is 38.6 Å². The molecule has 1 heterocycles. The van der Waals surface area contributed by atoms with Gasteiger partial charge in [-0.05, 0) is 44.2 Å². The molecular weight excluding hydrogens is 381 g/mol. The average molecular weight is 405 g/mol. The smallest absolute Gasteiger partial charge is 0.270 e. The second-order valence-electron chi connectivity index (χ2n) is 7.00. The molecule has 150 valence electrons. The van der Waals surface area contributed by atoms with E-state index in [4.69, 9.17) is 4.74 Å². The number of amides is 2. The Kier molecular flexibility index (Phi) is 6.97. The second-order valence-corrected chi connectivity index (χ2v) is 8.07. The van der Waals surface area contributed by atoms with E-state index in [1.54, 1.807) is 11.4 Å². The van der Waals surface area contributed by atoms with Gasteiger partial charge in [0.25, 0.3) is 11.8 Å². The summed E-state index contributed by atoms with van der Waals surface area (Å²) >= 11 is 1.46. The lowest BCUT2D eigenvalue weighted by Gasteiger charge is -2.29. The fraction of sp³-hybridized carbons (Fsp3) is 0.450. The summed E-state index contributed by atoms with van der Waals surface area (Å²) < 4.78 is 18.4. The molecule has 2 atom stereocenters. The Morgan fingerprint density at radius 1 is 1.36 bits per heavy atom. The number of nitrogens with one attached hydrogen (secondary N) is 2. The molecule has 0 aliphatic heterocycles. The molecule has 1 aliphatic carbocycles. The number of nitrogens with zero attached hydrogens (tertiary/aromatic N) is 1. The minimum Gasteiger partial charge on any atom is -0.484 e. The van der Waals surface area contributed by atoms with E-state index in [-0.39, 0.29) is 24.5 Å². The molecule has 1 aromatic heterocycles. The predicted molar refractivity (Wildman–Crippen MR) is 105 cm³/mol. The molecule has 6 nitrogen and oxygen atoms in total. The molecule has 1 aromatic carbocycles. The van der Waals surface area contributed by atoms with Crippen molar-refractivity contribution in [3.63, 3.8) is 0 Å². The second kappa shape index (κ2) is 9.64. The Morgan fingerprint density at radius 2 is 2.21 bits per heavy atom. The van der Waals surface area contributed by atoms with Crippen molar-refractivity contribution in [2.75, 3.05) is 13.2 Å². The molecule has 0 radical (unpaired) electrons. The van der Waals surface area contributed by atoms with Crippen molar-refractivity contribution in [3.8, 4) is 5.75 Å². The van der Waals surface area contributed by atoms with Crippen molar-refractivity contribution in [2.24, 2.45) is 5.92 Å². The summed E-state index contributed by atoms with van der Waals surface area (Å²) in [5, 5.41) is 8.55. The fourth-order valence-electron chi connectivity index (χ4n) is 3.35. The van der Waals surface area contributed by atoms with Crippen LogP contribution in [0.2, 0.25) is 0 Å². The maximum absolute atomic E-state index is 13.1. The molecule has 1 fully saturated rings. The first-order chi connectivity index (χ1) is 13.5. The van der Waals surface area contributed by atoms with Crippen LogP contribution in [0.25, 0.3) is 0 Å². The molecule has 3 rings (SSSR count). The zero-order chi connectivity index (χ0) is 19.9. The van der Waals surface area contributed by atoms with Gasteiger partial charge in [-0.1, -0.05) is 12.5 Å². The molecule has 2 amide bonds. The molecule has 1 saturated carbocycles. The monoisotopic (exact) mass is 405 g/mol. The van der Waals surface area contributed by atoms with Gasteiger partial charge in [0, 0.05) is 24.0 Å². The Balaban J connectivity index is 1.39. The number of hydrogen-bond acceptors (Lipinski definition) is 5. The first kappa shape index (κ1) is 20.3. The van der Waals surface area contributed by atoms with Crippen LogP contribution in [0.1, 0.15) is 41.2 Å². The number of benzene rings is 1. The number of halogens is 1. The molecule has 0 spiro atoms. The Morgan fingerprint density at radius 3 is 2.96 bits per heavy atom. The van der Waals surface area contributed by atoms with Crippen molar-refractivity contribution < 1.29 is 18.7 Å². The van der Waals surface area contributed by atoms with Gasteiger partial charge in [0.2, 0.25) is 0 Å². The highest BCUT2D eigenvalue weighted by Gasteiger charge is 2.24. The molecule has 2 unspecified atom stereocenters. The maximum atomic E-state index is 13.1. The summed E-state index contributed by atoms with van der Waals surface area (Å²) in [6.45, 7) is 2.26. The Hall–Kier alpha value is -2.48. The predicted octanol–water partition coefficient (Wildman–Crippen LogP) is 3.07. The largest absolute Gasteiger partial charge is 0.484 e. The third-order valence-corrected chi connectivity index (χ3v) is 5.50. The summed E-state index contributed by atoms with van der Waals surface area (Å²) in [5.74, 6) is -0.154. The van der Waals surface area contributed by atoms with Gasteiger partial charge in [0.15, 0.2) is 6.61 Å². The number of rotatable bonds is 7. The number of ether oxygens (including phenoxy) is 1. The first-order valence-electron chi connectivity index (χ1n) is 9.37. The van der Waals surface area contributed by atoms with Gasteiger partial charge in [-0.15, -0.1) is 11.3 Å². The van der Waals surface area contributed by atoms with Crippen LogP contribution in [0.5, 0.6) is 5.75 Å². The Labute approximate surface area is 167 Å². The number of aryl methyl sites for hydroxylation is 1. The number of carbonyl (C=O) groups is 2. The normalized spacial score (nSPS) is 19.1. The summed E-state index contributed by atoms with van der Waals surface area (Å²) in [5.41, 5.74) is 0.465. The van der Waals surface area contributed by atoms with Crippen LogP contribution < -0.4 is 15.4 Å². The fourth-order valence-corrected chi connectivity index (χ4v) is 3.94. The van der Waals surface area contributed by atoms with Crippen molar-refractivity contribution >= 4 is 23.2 Å². The van der Waals surface area contributed by atoms with Crippen LogP contribution in [0, 0.1) is 18.7 Å². The minimum atomic E-state index is -0.402. The van der Waals surface area contributed by atoms with Crippen LogP contribution >= 0.6 is 11.3 Å². The van der Waals surface area contributed by atoms with Gasteiger partial charge in [0.1, 0.15) is 17.3 Å². The number of thiazole rings is 1. The van der Waals surface area contributed by atoms with Crippen molar-refractivity contribution in [1.29, 1.82) is 0 Å². The molecule has 28 heavy (non-hydrogen) atoms. The van der Waals surface area contributed by atoms with Gasteiger partial charge in [0.05, 0.1) is 5.01 Å². The zero-order valence-corrected chi connectivity index (χ0v) is 16.6. The van der Waals surface area contributed by atoms with Crippen LogP contribution in [0.4, 0.5) is 4.39 Å². The van der Waals surface area contributed by atoms with Gasteiger partial charge < -0.3 is 15.4 Å². The van der Waals surface area contributed by atoms with Crippen molar-refractivity contribution in [3.05, 3.63) is 46.2 Å². The topological polar surface area (TPSA) is 80.3 Å². The third kappa shape index (κ3) is 6.02. The molecule has 0 saturated heterocycles. The van der Waals surface area contributed by atoms with E-state index >= 15 is 0 Å². The number of carbonyl (C=O) groups excluding carboxylic acids is 2. The zero-order valence-electron chi connectivity index (χ0n) is 15.7. The van der Waals surface area contributed by atoms with E-state index in [1.165, 1.54) is 29.5 Å². The molecule has 2 N–H and O–H groups in total. The maximum Gasteiger partial charge on any atom is 0.270 e. The quantitative estimate of drug-likeness (QED) is 0.742. The lowest BCUT2D eigenvalue weighted by atomic mass is 9.85. The van der Waals surface area contributed by atoms with Gasteiger partial charge >= 0.3 is 0 Å². The van der Waals surface area contributed by atoms with E-state index in [1.807, 2.05) is 6.92 Å². The molecule has 0 bridgehead atoms. The summed E-state index contributed by atoms with van der Waals surface area (Å²) in [4.78, 5) is 28.5. The lowest BCUT2D eigenvalue weighted by molar-refractivity contribution is -0.123. The van der Waals surface area contributed by atoms with E-state index < -0.39 is 5.82 Å². The van der Waals surface area contributed by atoms with E-state index in [9.17, 15) is 14.0 Å². The lowest BCUT2D eigenvalue weighted by Crippen LogP contribution is -2.41. The van der Waals surface area contributed by atoms with Gasteiger partial charge in [-0.25, -0.2) is 9.37 Å². The standard InChI is InChI=1S/C20H24FN3O3S/c1-13-23-18(12-28-13)20(26)24-16-6-2-4-14(8-16)10-22-19(25)11-27-17-7-3-5-15(21)9-17/h3,5,7,9,12,14,16H,2,4,6,8,10-11H2,1H3,(H,22,25)(H,24,26). The van der Waals surface area contributed by atoms with E-state index in [0.717, 1.165) is 30.7 Å².